The molecule has 0 radical (unpaired) electrons. The van der Waals surface area contributed by atoms with Crippen LogP contribution in [0.25, 0.3) is 0 Å². The zero-order chi connectivity index (χ0) is 12.5. The average molecular weight is 213 g/mol. The molecule has 0 amide bonds. The van der Waals surface area contributed by atoms with E-state index in [9.17, 15) is 4.79 Å². The fourth-order valence-corrected chi connectivity index (χ4v) is 0.316. The number of carbonyl (C=O) groups is 1. The lowest BCUT2D eigenvalue weighted by atomic mass is 10.5. The third-order valence-corrected chi connectivity index (χ3v) is 0.580. The molecular weight excluding hydrogens is 206 g/mol. The van der Waals surface area contributed by atoms with Gasteiger partial charge in [0, 0.05) is 0 Å². The number of rotatable bonds is 0. The summed E-state index contributed by atoms with van der Waals surface area (Å²) in [5.74, 6) is -0.157. The fourth-order valence-electron chi connectivity index (χ4n) is 0.316. The maximum atomic E-state index is 9.96. The van der Waals surface area contributed by atoms with Crippen LogP contribution < -0.4 is 0 Å². The maximum Gasteiger partial charge on any atom is 0.314 e. The van der Waals surface area contributed by atoms with E-state index in [1.165, 1.54) is 6.26 Å². The van der Waals surface area contributed by atoms with Gasteiger partial charge in [-0.2, -0.15) is 0 Å². The first-order valence-electron chi connectivity index (χ1n) is 3.10. The Hall–Kier alpha value is -2.65. The highest BCUT2D eigenvalue weighted by molar-refractivity contribution is 5.73. The van der Waals surface area contributed by atoms with Crippen molar-refractivity contribution in [3.63, 3.8) is 0 Å². The van der Waals surface area contributed by atoms with Crippen LogP contribution in [0.3, 0.4) is 0 Å². The summed E-state index contributed by atoms with van der Waals surface area (Å²) in [5, 5.41) is 16.2. The zero-order valence-corrected chi connectivity index (χ0v) is 7.40. The van der Waals surface area contributed by atoms with Crippen LogP contribution >= 0.6 is 0 Å². The molecule has 8 heteroatoms. The fraction of sp³-hybridized carbons (Fsp3) is 0.143. The Morgan fingerprint density at radius 1 is 1.07 bits per heavy atom. The molecule has 0 bridgehead atoms. The molecule has 3 N–H and O–H groups in total. The second-order valence-electron chi connectivity index (χ2n) is 1.37. The molecule has 0 saturated carbocycles. The predicted octanol–water partition coefficient (Wildman–Crippen LogP) is 0.150. The van der Waals surface area contributed by atoms with E-state index in [4.69, 9.17) is 30.6 Å². The minimum absolute atomic E-state index is 0.157. The third-order valence-electron chi connectivity index (χ3n) is 0.580. The van der Waals surface area contributed by atoms with E-state index >= 15 is 0 Å². The zero-order valence-electron chi connectivity index (χ0n) is 7.40. The Morgan fingerprint density at radius 3 is 1.47 bits per heavy atom. The number of isocyanates is 3. The van der Waals surface area contributed by atoms with Gasteiger partial charge in [0.05, 0.1) is 12.7 Å². The Kier molecular flexibility index (Phi) is 27.3. The molecule has 1 heterocycles. The predicted molar refractivity (Wildman–Crippen MR) is 45.1 cm³/mol. The van der Waals surface area contributed by atoms with Gasteiger partial charge in [0.1, 0.15) is 0 Å². The molecule has 0 aliphatic carbocycles. The van der Waals surface area contributed by atoms with Gasteiger partial charge in [-0.25, -0.2) is 30.6 Å². The molecule has 0 unspecified atom stereocenters. The van der Waals surface area contributed by atoms with Crippen molar-refractivity contribution < 1.29 is 23.9 Å². The summed E-state index contributed by atoms with van der Waals surface area (Å²) < 4.78 is 4.33. The maximum absolute atomic E-state index is 9.96. The van der Waals surface area contributed by atoms with Crippen molar-refractivity contribution in [2.45, 2.75) is 6.42 Å². The SMILES string of the molecule is N=C=O.N=C=O.N=C=O.O=C1CC=CO1. The molecule has 0 aromatic carbocycles. The number of cyclic esters (lactones) is 1. The lowest BCUT2D eigenvalue weighted by Crippen LogP contribution is -1.87. The Balaban J connectivity index is -0.000000140. The van der Waals surface area contributed by atoms with Gasteiger partial charge in [-0.3, -0.25) is 4.79 Å². The molecule has 0 saturated heterocycles. The standard InChI is InChI=1S/C4H4O2.3CHNO/c5-4-2-1-3-6-4;3*2-1-3/h1,3H,2H2;3*2H. The molecule has 15 heavy (non-hydrogen) atoms. The number of hydrogen-bond acceptors (Lipinski definition) is 8. The van der Waals surface area contributed by atoms with Gasteiger partial charge in [-0.1, -0.05) is 0 Å². The minimum Gasteiger partial charge on any atom is -0.435 e. The van der Waals surface area contributed by atoms with Crippen LogP contribution in [0.4, 0.5) is 0 Å². The number of hydrogen-bond donors (Lipinski definition) is 3. The Morgan fingerprint density at radius 2 is 1.40 bits per heavy atom. The van der Waals surface area contributed by atoms with Crippen molar-refractivity contribution in [1.29, 1.82) is 16.2 Å². The Bertz CT molecular complexity index is 253. The molecule has 0 aromatic heterocycles. The van der Waals surface area contributed by atoms with E-state index in [1.807, 2.05) is 0 Å². The normalized spacial score (nSPS) is 8.93. The van der Waals surface area contributed by atoms with Gasteiger partial charge >= 0.3 is 5.97 Å². The summed E-state index contributed by atoms with van der Waals surface area (Å²) in [6.45, 7) is 0. The lowest BCUT2D eigenvalue weighted by molar-refractivity contribution is -0.135. The minimum atomic E-state index is -0.157. The summed E-state index contributed by atoms with van der Waals surface area (Å²) >= 11 is 0. The highest BCUT2D eigenvalue weighted by Gasteiger charge is 2.00. The summed E-state index contributed by atoms with van der Waals surface area (Å²) in [6, 6.07) is 0. The van der Waals surface area contributed by atoms with Gasteiger partial charge in [0.15, 0.2) is 0 Å². The van der Waals surface area contributed by atoms with Crippen LogP contribution in [0.1, 0.15) is 6.42 Å². The largest absolute Gasteiger partial charge is 0.435 e. The quantitative estimate of drug-likeness (QED) is 0.297. The lowest BCUT2D eigenvalue weighted by Gasteiger charge is -1.78. The smallest absolute Gasteiger partial charge is 0.314 e. The van der Waals surface area contributed by atoms with Gasteiger partial charge in [-0.05, 0) is 6.08 Å². The second kappa shape index (κ2) is 22.5. The number of carbonyl (C=O) groups excluding carboxylic acids is 4. The number of nitrogens with one attached hydrogen (secondary N) is 3. The summed E-state index contributed by atoms with van der Waals surface area (Å²) in [7, 11) is 0. The van der Waals surface area contributed by atoms with E-state index in [1.54, 1.807) is 6.08 Å². The summed E-state index contributed by atoms with van der Waals surface area (Å²) in [5.41, 5.74) is 0. The first-order valence-corrected chi connectivity index (χ1v) is 3.10. The molecular formula is C7H7N3O5. The van der Waals surface area contributed by atoms with Gasteiger partial charge in [0.2, 0.25) is 18.2 Å². The van der Waals surface area contributed by atoms with E-state index in [2.05, 4.69) is 4.74 Å². The number of ether oxygens (including phenoxy) is 1. The first kappa shape index (κ1) is 18.2. The van der Waals surface area contributed by atoms with Crippen LogP contribution in [-0.4, -0.2) is 24.2 Å². The van der Waals surface area contributed by atoms with Crippen LogP contribution in [0, 0.1) is 16.2 Å². The monoisotopic (exact) mass is 213 g/mol. The van der Waals surface area contributed by atoms with Crippen LogP contribution in [0.2, 0.25) is 0 Å². The van der Waals surface area contributed by atoms with Gasteiger partial charge < -0.3 is 4.74 Å². The van der Waals surface area contributed by atoms with E-state index in [-0.39, 0.29) is 5.97 Å². The van der Waals surface area contributed by atoms with Crippen LogP contribution in [0.15, 0.2) is 12.3 Å². The number of esters is 1. The molecule has 0 fully saturated rings. The van der Waals surface area contributed by atoms with Crippen LogP contribution in [-0.2, 0) is 23.9 Å². The van der Waals surface area contributed by atoms with Gasteiger partial charge in [0.25, 0.3) is 0 Å². The molecule has 80 valence electrons. The highest BCUT2D eigenvalue weighted by Crippen LogP contribution is 1.96. The molecule has 0 aromatic rings. The van der Waals surface area contributed by atoms with E-state index in [0.29, 0.717) is 6.42 Å². The van der Waals surface area contributed by atoms with Crippen molar-refractivity contribution in [3.05, 3.63) is 12.3 Å². The summed E-state index contributed by atoms with van der Waals surface area (Å²) in [4.78, 5) is 35.0. The molecule has 0 atom stereocenters. The van der Waals surface area contributed by atoms with Crippen molar-refractivity contribution in [3.8, 4) is 0 Å². The Labute approximate surface area is 84.1 Å². The first-order chi connectivity index (χ1) is 7.14. The molecule has 0 spiro atoms. The van der Waals surface area contributed by atoms with Crippen molar-refractivity contribution in [2.24, 2.45) is 0 Å². The third kappa shape index (κ3) is 52.4. The van der Waals surface area contributed by atoms with Gasteiger partial charge in [-0.15, -0.1) is 0 Å². The van der Waals surface area contributed by atoms with E-state index in [0.717, 1.165) is 18.2 Å². The molecule has 1 aliphatic rings. The molecule has 8 nitrogen and oxygen atoms in total. The van der Waals surface area contributed by atoms with E-state index < -0.39 is 0 Å². The second-order valence-corrected chi connectivity index (χ2v) is 1.37. The van der Waals surface area contributed by atoms with Crippen molar-refractivity contribution >= 4 is 24.2 Å². The highest BCUT2D eigenvalue weighted by atomic mass is 16.5. The average Bonchev–Trinajstić information content (AvgIpc) is 2.60. The van der Waals surface area contributed by atoms with Crippen LogP contribution in [0.5, 0.6) is 0 Å². The molecule has 1 aliphatic heterocycles. The van der Waals surface area contributed by atoms with Crippen molar-refractivity contribution in [1.82, 2.24) is 0 Å². The molecule has 1 rings (SSSR count). The topological polar surface area (TPSA) is 149 Å². The van der Waals surface area contributed by atoms with Crippen molar-refractivity contribution in [2.75, 3.05) is 0 Å². The summed E-state index contributed by atoms with van der Waals surface area (Å²) in [6.07, 6.45) is 5.78.